The van der Waals surface area contributed by atoms with E-state index in [4.69, 9.17) is 5.73 Å². The maximum atomic E-state index is 11.9. The molecule has 3 nitrogen and oxygen atoms in total. The van der Waals surface area contributed by atoms with Gasteiger partial charge in [0, 0.05) is 18.5 Å². The lowest BCUT2D eigenvalue weighted by Crippen LogP contribution is -2.02. The summed E-state index contributed by atoms with van der Waals surface area (Å²) in [6.45, 7) is 0. The maximum absolute atomic E-state index is 11.9. The molecule has 0 heterocycles. The van der Waals surface area contributed by atoms with Crippen molar-refractivity contribution >= 4 is 11.5 Å². The molecule has 0 aromatic heterocycles. The maximum Gasteiger partial charge on any atom is 0.133 e. The second-order valence-electron chi connectivity index (χ2n) is 5.26. The molecule has 2 rings (SSSR count). The highest BCUT2D eigenvalue weighted by atomic mass is 16.3. The Morgan fingerprint density at radius 2 is 1.67 bits per heavy atom. The van der Waals surface area contributed by atoms with Crippen LogP contribution < -0.4 is 5.73 Å². The van der Waals surface area contributed by atoms with Gasteiger partial charge in [-0.15, -0.1) is 0 Å². The van der Waals surface area contributed by atoms with Crippen molar-refractivity contribution in [2.45, 2.75) is 32.1 Å². The Balaban J connectivity index is 1.70. The van der Waals surface area contributed by atoms with E-state index < -0.39 is 0 Å². The van der Waals surface area contributed by atoms with Crippen molar-refractivity contribution in [1.29, 1.82) is 0 Å². The number of Topliss-reactive ketones (excluding diaryl/α,β-unsaturated/α-hetero) is 1. The molecule has 2 aromatic rings. The Bertz CT molecular complexity index is 590. The van der Waals surface area contributed by atoms with Crippen LogP contribution in [0.15, 0.2) is 48.5 Å². The number of hydrogen-bond donors (Lipinski definition) is 2. The van der Waals surface area contributed by atoms with Crippen LogP contribution >= 0.6 is 0 Å². The molecule has 0 saturated heterocycles. The quantitative estimate of drug-likeness (QED) is 0.764. The zero-order valence-corrected chi connectivity index (χ0v) is 12.1. The smallest absolute Gasteiger partial charge is 0.133 e. The van der Waals surface area contributed by atoms with E-state index in [1.807, 2.05) is 36.4 Å². The molecule has 3 N–H and O–H groups in total. The molecule has 0 radical (unpaired) electrons. The standard InChI is InChI=1S/C18H21NO2/c19-18-7-2-1-4-15(18)5-3-6-16(20)11-8-14-9-12-17(21)13-10-14/h1-2,4,7,9-10,12-13,21H,3,5-6,8,11,19H2. The molecule has 3 heteroatoms. The van der Waals surface area contributed by atoms with E-state index in [1.165, 1.54) is 0 Å². The van der Waals surface area contributed by atoms with E-state index in [0.717, 1.165) is 36.1 Å². The molecule has 2 aromatic carbocycles. The van der Waals surface area contributed by atoms with Gasteiger partial charge in [0.15, 0.2) is 0 Å². The summed E-state index contributed by atoms with van der Waals surface area (Å²) in [5.74, 6) is 0.531. The fraction of sp³-hybridized carbons (Fsp3) is 0.278. The number of carbonyl (C=O) groups excluding carboxylic acids is 1. The number of nitrogen functional groups attached to an aromatic ring is 1. The molecule has 0 atom stereocenters. The van der Waals surface area contributed by atoms with Gasteiger partial charge in [0.25, 0.3) is 0 Å². The van der Waals surface area contributed by atoms with Gasteiger partial charge in [0.2, 0.25) is 0 Å². The number of phenols is 1. The summed E-state index contributed by atoms with van der Waals surface area (Å²) in [4.78, 5) is 11.9. The third kappa shape index (κ3) is 4.95. The molecule has 0 amide bonds. The Morgan fingerprint density at radius 1 is 0.952 bits per heavy atom. The SMILES string of the molecule is Nc1ccccc1CCCC(=O)CCc1ccc(O)cc1. The second kappa shape index (κ2) is 7.48. The number of anilines is 1. The first-order valence-electron chi connectivity index (χ1n) is 7.28. The van der Waals surface area contributed by atoms with E-state index in [0.29, 0.717) is 12.8 Å². The Morgan fingerprint density at radius 3 is 2.38 bits per heavy atom. The molecule has 0 saturated carbocycles. The molecule has 21 heavy (non-hydrogen) atoms. The molecule has 0 bridgehead atoms. The molecule has 0 aliphatic rings. The van der Waals surface area contributed by atoms with Gasteiger partial charge in [-0.05, 0) is 48.6 Å². The topological polar surface area (TPSA) is 63.3 Å². The van der Waals surface area contributed by atoms with Crippen LogP contribution in [0.2, 0.25) is 0 Å². The zero-order chi connectivity index (χ0) is 15.1. The van der Waals surface area contributed by atoms with Crippen LogP contribution in [0.3, 0.4) is 0 Å². The minimum absolute atomic E-state index is 0.255. The third-order valence-corrected chi connectivity index (χ3v) is 3.59. The van der Waals surface area contributed by atoms with Gasteiger partial charge in [-0.25, -0.2) is 0 Å². The fourth-order valence-electron chi connectivity index (χ4n) is 2.31. The summed E-state index contributed by atoms with van der Waals surface area (Å²) in [5, 5.41) is 9.20. The molecular weight excluding hydrogens is 262 g/mol. The van der Waals surface area contributed by atoms with Crippen LogP contribution in [0.5, 0.6) is 5.75 Å². The largest absolute Gasteiger partial charge is 0.508 e. The molecule has 0 fully saturated rings. The summed E-state index contributed by atoms with van der Waals surface area (Å²) in [5.41, 5.74) is 8.87. The number of hydrogen-bond acceptors (Lipinski definition) is 3. The summed E-state index contributed by atoms with van der Waals surface area (Å²) in [6.07, 6.45) is 3.55. The summed E-state index contributed by atoms with van der Waals surface area (Å²) >= 11 is 0. The molecule has 110 valence electrons. The summed E-state index contributed by atoms with van der Waals surface area (Å²) in [6, 6.07) is 14.8. The van der Waals surface area contributed by atoms with Gasteiger partial charge >= 0.3 is 0 Å². The average molecular weight is 283 g/mol. The molecular formula is C18H21NO2. The van der Waals surface area contributed by atoms with Gasteiger partial charge in [-0.1, -0.05) is 30.3 Å². The van der Waals surface area contributed by atoms with E-state index in [-0.39, 0.29) is 11.5 Å². The minimum atomic E-state index is 0.255. The lowest BCUT2D eigenvalue weighted by atomic mass is 10.0. The number of para-hydroxylation sites is 1. The Hall–Kier alpha value is -2.29. The normalized spacial score (nSPS) is 10.5. The van der Waals surface area contributed by atoms with Crippen molar-refractivity contribution in [1.82, 2.24) is 0 Å². The van der Waals surface area contributed by atoms with E-state index in [9.17, 15) is 9.90 Å². The molecule has 0 aliphatic heterocycles. The Kier molecular flexibility index (Phi) is 5.38. The highest BCUT2D eigenvalue weighted by molar-refractivity contribution is 5.78. The van der Waals surface area contributed by atoms with Crippen LogP contribution in [-0.2, 0) is 17.6 Å². The van der Waals surface area contributed by atoms with Crippen molar-refractivity contribution in [2.75, 3.05) is 5.73 Å². The predicted octanol–water partition coefficient (Wildman–Crippen LogP) is 3.50. The van der Waals surface area contributed by atoms with Gasteiger partial charge in [-0.3, -0.25) is 4.79 Å². The van der Waals surface area contributed by atoms with Gasteiger partial charge in [0.05, 0.1) is 0 Å². The first-order valence-corrected chi connectivity index (χ1v) is 7.28. The summed E-state index contributed by atoms with van der Waals surface area (Å²) < 4.78 is 0. The fourth-order valence-corrected chi connectivity index (χ4v) is 2.31. The monoisotopic (exact) mass is 283 g/mol. The van der Waals surface area contributed by atoms with Gasteiger partial charge < -0.3 is 10.8 Å². The zero-order valence-electron chi connectivity index (χ0n) is 12.1. The number of aromatic hydroxyl groups is 1. The van der Waals surface area contributed by atoms with Crippen molar-refractivity contribution in [3.63, 3.8) is 0 Å². The third-order valence-electron chi connectivity index (χ3n) is 3.59. The van der Waals surface area contributed by atoms with Crippen molar-refractivity contribution in [2.24, 2.45) is 0 Å². The van der Waals surface area contributed by atoms with Crippen LogP contribution in [0.25, 0.3) is 0 Å². The van der Waals surface area contributed by atoms with Crippen LogP contribution in [0.4, 0.5) is 5.69 Å². The lowest BCUT2D eigenvalue weighted by molar-refractivity contribution is -0.119. The highest BCUT2D eigenvalue weighted by Gasteiger charge is 2.04. The second-order valence-corrected chi connectivity index (χ2v) is 5.26. The van der Waals surface area contributed by atoms with E-state index >= 15 is 0 Å². The first-order chi connectivity index (χ1) is 10.1. The molecule has 0 spiro atoms. The molecule has 0 unspecified atom stereocenters. The van der Waals surface area contributed by atoms with Gasteiger partial charge in [-0.2, -0.15) is 0 Å². The van der Waals surface area contributed by atoms with Crippen molar-refractivity contribution < 1.29 is 9.90 Å². The summed E-state index contributed by atoms with van der Waals surface area (Å²) in [7, 11) is 0. The van der Waals surface area contributed by atoms with Crippen LogP contribution in [0, 0.1) is 0 Å². The van der Waals surface area contributed by atoms with Crippen LogP contribution in [0.1, 0.15) is 30.4 Å². The van der Waals surface area contributed by atoms with E-state index in [2.05, 4.69) is 0 Å². The Labute approximate surface area is 125 Å². The number of phenolic OH excluding ortho intramolecular Hbond substituents is 1. The lowest BCUT2D eigenvalue weighted by Gasteiger charge is -2.05. The number of aryl methyl sites for hydroxylation is 2. The van der Waals surface area contributed by atoms with Crippen molar-refractivity contribution in [3.05, 3.63) is 59.7 Å². The van der Waals surface area contributed by atoms with Crippen molar-refractivity contribution in [3.8, 4) is 5.75 Å². The van der Waals surface area contributed by atoms with Crippen LogP contribution in [-0.4, -0.2) is 10.9 Å². The first kappa shape index (κ1) is 15.1. The van der Waals surface area contributed by atoms with E-state index in [1.54, 1.807) is 12.1 Å². The molecule has 0 aliphatic carbocycles. The number of nitrogens with two attached hydrogens (primary N) is 1. The number of benzene rings is 2. The average Bonchev–Trinajstić information content (AvgIpc) is 2.49. The number of carbonyl (C=O) groups is 1. The highest BCUT2D eigenvalue weighted by Crippen LogP contribution is 2.15. The minimum Gasteiger partial charge on any atom is -0.508 e. The van der Waals surface area contributed by atoms with Gasteiger partial charge in [0.1, 0.15) is 11.5 Å². The number of ketones is 1. The predicted molar refractivity (Wildman–Crippen MR) is 85.2 cm³/mol. The number of rotatable bonds is 7.